The van der Waals surface area contributed by atoms with Gasteiger partial charge in [0.05, 0.1) is 0 Å². The van der Waals surface area contributed by atoms with Crippen LogP contribution in [0, 0.1) is 0 Å². The van der Waals surface area contributed by atoms with Gasteiger partial charge in [0.1, 0.15) is 17.2 Å². The first-order valence-electron chi connectivity index (χ1n) is 13.7. The predicted octanol–water partition coefficient (Wildman–Crippen LogP) is 6.15. The molecule has 8 heteroatoms. The Morgan fingerprint density at radius 1 is 0.571 bits per heavy atom. The summed E-state index contributed by atoms with van der Waals surface area (Å²) >= 11 is 0. The SMILES string of the molecule is COC(C)OCOc1c(P(c2ccccc2O)c2ccc3ccccc3c2OCOC(C)OC)ccc2ccccc12. The molecule has 0 aliphatic heterocycles. The van der Waals surface area contributed by atoms with Gasteiger partial charge in [0, 0.05) is 40.9 Å². The van der Waals surface area contributed by atoms with Gasteiger partial charge >= 0.3 is 0 Å². The number of hydrogen-bond acceptors (Lipinski definition) is 7. The zero-order chi connectivity index (χ0) is 29.5. The largest absolute Gasteiger partial charge is 0.507 e. The Kier molecular flexibility index (Phi) is 9.90. The third kappa shape index (κ3) is 6.51. The van der Waals surface area contributed by atoms with Gasteiger partial charge < -0.3 is 33.5 Å². The van der Waals surface area contributed by atoms with Gasteiger partial charge in [-0.3, -0.25) is 0 Å². The Labute approximate surface area is 247 Å². The van der Waals surface area contributed by atoms with Crippen molar-refractivity contribution in [2.45, 2.75) is 26.4 Å². The molecule has 1 N–H and O–H groups in total. The number of fused-ring (bicyclic) bond motifs is 2. The molecule has 2 unspecified atom stereocenters. The molecule has 5 rings (SSSR count). The first kappa shape index (κ1) is 29.8. The van der Waals surface area contributed by atoms with Crippen molar-refractivity contribution in [3.8, 4) is 17.2 Å². The number of benzene rings is 5. The van der Waals surface area contributed by atoms with E-state index in [-0.39, 0.29) is 19.3 Å². The molecule has 0 spiro atoms. The number of hydrogen-bond donors (Lipinski definition) is 1. The molecule has 42 heavy (non-hydrogen) atoms. The van der Waals surface area contributed by atoms with E-state index in [4.69, 9.17) is 28.4 Å². The summed E-state index contributed by atoms with van der Waals surface area (Å²) in [6, 6.07) is 31.8. The predicted molar refractivity (Wildman–Crippen MR) is 168 cm³/mol. The van der Waals surface area contributed by atoms with Crippen LogP contribution in [0.25, 0.3) is 21.5 Å². The Balaban J connectivity index is 1.73. The highest BCUT2D eigenvalue weighted by Crippen LogP contribution is 2.45. The lowest BCUT2D eigenvalue weighted by atomic mass is 10.1. The standard InChI is InChI=1S/C34H35O7P/c1-23(36-3)38-21-40-33-27-13-7-5-11-25(27)17-19-31(33)42(30-16-10-9-15-29(30)35)32-20-18-26-12-6-8-14-28(26)34(32)41-22-39-24(2)37-4/h5-20,23-24,35H,21-22H2,1-4H3. The van der Waals surface area contributed by atoms with E-state index < -0.39 is 20.5 Å². The van der Waals surface area contributed by atoms with Crippen molar-refractivity contribution in [1.82, 2.24) is 0 Å². The van der Waals surface area contributed by atoms with Gasteiger partial charge in [0.25, 0.3) is 0 Å². The van der Waals surface area contributed by atoms with Crippen LogP contribution < -0.4 is 25.4 Å². The molecule has 5 aromatic rings. The van der Waals surface area contributed by atoms with Crippen LogP contribution in [-0.4, -0.2) is 45.5 Å². The molecule has 0 bridgehead atoms. The highest BCUT2D eigenvalue weighted by molar-refractivity contribution is 7.80. The van der Waals surface area contributed by atoms with Gasteiger partial charge in [-0.2, -0.15) is 0 Å². The Morgan fingerprint density at radius 3 is 1.50 bits per heavy atom. The lowest BCUT2D eigenvalue weighted by Gasteiger charge is -2.26. The first-order chi connectivity index (χ1) is 20.5. The first-order valence-corrected chi connectivity index (χ1v) is 15.0. The van der Waals surface area contributed by atoms with E-state index in [0.29, 0.717) is 11.5 Å². The smallest absolute Gasteiger partial charge is 0.192 e. The Hall–Kier alpha value is -3.71. The van der Waals surface area contributed by atoms with Crippen molar-refractivity contribution >= 4 is 45.4 Å². The maximum absolute atomic E-state index is 11.2. The lowest BCUT2D eigenvalue weighted by molar-refractivity contribution is -0.149. The quantitative estimate of drug-likeness (QED) is 0.131. The third-order valence-corrected chi connectivity index (χ3v) is 9.53. The fourth-order valence-corrected chi connectivity index (χ4v) is 7.22. The van der Waals surface area contributed by atoms with Crippen LogP contribution in [0.2, 0.25) is 0 Å². The lowest BCUT2D eigenvalue weighted by Crippen LogP contribution is -2.26. The van der Waals surface area contributed by atoms with Crippen molar-refractivity contribution in [3.05, 3.63) is 97.1 Å². The fraction of sp³-hybridized carbons (Fsp3) is 0.235. The zero-order valence-electron chi connectivity index (χ0n) is 24.2. The molecule has 2 atom stereocenters. The van der Waals surface area contributed by atoms with Gasteiger partial charge in [-0.05, 0) is 50.7 Å². The number of phenols is 1. The monoisotopic (exact) mass is 586 g/mol. The van der Waals surface area contributed by atoms with E-state index in [1.54, 1.807) is 20.3 Å². The molecular formula is C34H35O7P. The number of rotatable bonds is 13. The molecule has 0 aliphatic carbocycles. The molecule has 7 nitrogen and oxygen atoms in total. The van der Waals surface area contributed by atoms with Crippen LogP contribution in [0.5, 0.6) is 17.2 Å². The van der Waals surface area contributed by atoms with Crippen LogP contribution in [0.15, 0.2) is 97.1 Å². The fourth-order valence-electron chi connectivity index (χ4n) is 4.67. The molecule has 0 fully saturated rings. The molecule has 0 aromatic heterocycles. The van der Waals surface area contributed by atoms with Gasteiger partial charge in [0.2, 0.25) is 0 Å². The molecule has 0 heterocycles. The second-order valence-electron chi connectivity index (χ2n) is 9.56. The molecular weight excluding hydrogens is 551 g/mol. The maximum atomic E-state index is 11.2. The molecule has 0 amide bonds. The van der Waals surface area contributed by atoms with E-state index in [2.05, 4.69) is 24.3 Å². The van der Waals surface area contributed by atoms with E-state index in [0.717, 1.165) is 37.5 Å². The van der Waals surface area contributed by atoms with Crippen LogP contribution in [-0.2, 0) is 18.9 Å². The Bertz CT molecular complexity index is 1540. The van der Waals surface area contributed by atoms with Crippen LogP contribution in [0.1, 0.15) is 13.8 Å². The van der Waals surface area contributed by atoms with Gasteiger partial charge in [-0.1, -0.05) is 78.9 Å². The minimum atomic E-state index is -1.40. The van der Waals surface area contributed by atoms with Crippen LogP contribution in [0.4, 0.5) is 0 Å². The second-order valence-corrected chi connectivity index (χ2v) is 11.7. The van der Waals surface area contributed by atoms with Crippen LogP contribution >= 0.6 is 7.92 Å². The number of ether oxygens (including phenoxy) is 6. The average molecular weight is 587 g/mol. The summed E-state index contributed by atoms with van der Waals surface area (Å²) in [5, 5.41) is 17.7. The topological polar surface area (TPSA) is 75.6 Å². The third-order valence-electron chi connectivity index (χ3n) is 7.00. The van der Waals surface area contributed by atoms with Crippen molar-refractivity contribution in [3.63, 3.8) is 0 Å². The van der Waals surface area contributed by atoms with Crippen molar-refractivity contribution < 1.29 is 33.5 Å². The highest BCUT2D eigenvalue weighted by atomic mass is 31.1. The van der Waals surface area contributed by atoms with Crippen LogP contribution in [0.3, 0.4) is 0 Å². The molecule has 0 radical (unpaired) electrons. The number of aromatic hydroxyl groups is 1. The number of para-hydroxylation sites is 1. The van der Waals surface area contributed by atoms with Gasteiger partial charge in [-0.15, -0.1) is 0 Å². The summed E-state index contributed by atoms with van der Waals surface area (Å²) in [6.45, 7) is 3.61. The summed E-state index contributed by atoms with van der Waals surface area (Å²) in [5.41, 5.74) is 0. The highest BCUT2D eigenvalue weighted by Gasteiger charge is 2.28. The summed E-state index contributed by atoms with van der Waals surface area (Å²) in [6.07, 6.45) is -0.865. The average Bonchev–Trinajstić information content (AvgIpc) is 3.03. The summed E-state index contributed by atoms with van der Waals surface area (Å²) in [4.78, 5) is 0. The number of phenolic OH excluding ortho intramolecular Hbond substituents is 1. The van der Waals surface area contributed by atoms with Gasteiger partial charge in [0.15, 0.2) is 26.2 Å². The van der Waals surface area contributed by atoms with E-state index >= 15 is 0 Å². The molecule has 0 aliphatic rings. The normalized spacial score (nSPS) is 13.6. The Morgan fingerprint density at radius 2 is 1.02 bits per heavy atom. The maximum Gasteiger partial charge on any atom is 0.192 e. The molecule has 218 valence electrons. The molecule has 5 aromatic carbocycles. The summed E-state index contributed by atoms with van der Waals surface area (Å²) in [5.74, 6) is 1.54. The number of methoxy groups -OCH3 is 2. The van der Waals surface area contributed by atoms with Crippen molar-refractivity contribution in [2.24, 2.45) is 0 Å². The van der Waals surface area contributed by atoms with E-state index in [1.165, 1.54) is 0 Å². The molecule has 0 saturated carbocycles. The van der Waals surface area contributed by atoms with E-state index in [1.807, 2.05) is 80.6 Å². The van der Waals surface area contributed by atoms with E-state index in [9.17, 15) is 5.11 Å². The zero-order valence-corrected chi connectivity index (χ0v) is 25.0. The van der Waals surface area contributed by atoms with Crippen molar-refractivity contribution in [1.29, 1.82) is 0 Å². The summed E-state index contributed by atoms with van der Waals surface area (Å²) < 4.78 is 34.8. The summed E-state index contributed by atoms with van der Waals surface area (Å²) in [7, 11) is 1.77. The minimum absolute atomic E-state index is 0.0101. The van der Waals surface area contributed by atoms with Crippen molar-refractivity contribution in [2.75, 3.05) is 27.8 Å². The van der Waals surface area contributed by atoms with Gasteiger partial charge in [-0.25, -0.2) is 0 Å². The minimum Gasteiger partial charge on any atom is -0.507 e. The molecule has 0 saturated heterocycles. The second kappa shape index (κ2) is 14.0.